The van der Waals surface area contributed by atoms with Crippen LogP contribution in [0, 0.1) is 0 Å². The fraction of sp³-hybridized carbons (Fsp3) is 0.429. The van der Waals surface area contributed by atoms with Gasteiger partial charge in [-0.2, -0.15) is 0 Å². The molecule has 0 saturated carbocycles. The molecule has 0 fully saturated rings. The monoisotopic (exact) mass is 283 g/mol. The van der Waals surface area contributed by atoms with E-state index in [9.17, 15) is 9.59 Å². The van der Waals surface area contributed by atoms with E-state index >= 15 is 0 Å². The lowest BCUT2D eigenvalue weighted by Gasteiger charge is -2.26. The molecule has 1 aromatic rings. The third kappa shape index (κ3) is 3.70. The van der Waals surface area contributed by atoms with Crippen LogP contribution in [0.25, 0.3) is 0 Å². The Kier molecular flexibility index (Phi) is 4.95. The van der Waals surface area contributed by atoms with Gasteiger partial charge in [-0.1, -0.05) is 30.7 Å². The SMILES string of the molecule is CCC(C)(NC(=O)C(C)c1cccc(Cl)c1)C(=O)O. The van der Waals surface area contributed by atoms with Crippen molar-refractivity contribution in [3.63, 3.8) is 0 Å². The van der Waals surface area contributed by atoms with Gasteiger partial charge in [0.25, 0.3) is 0 Å². The Morgan fingerprint density at radius 2 is 2.11 bits per heavy atom. The van der Waals surface area contributed by atoms with Gasteiger partial charge in [0.2, 0.25) is 5.91 Å². The van der Waals surface area contributed by atoms with E-state index in [1.165, 1.54) is 6.92 Å². The summed E-state index contributed by atoms with van der Waals surface area (Å²) in [4.78, 5) is 23.3. The Hall–Kier alpha value is -1.55. The molecule has 0 spiro atoms. The molecule has 2 N–H and O–H groups in total. The summed E-state index contributed by atoms with van der Waals surface area (Å²) in [6, 6.07) is 6.98. The zero-order valence-corrected chi connectivity index (χ0v) is 12.0. The number of carbonyl (C=O) groups excluding carboxylic acids is 1. The van der Waals surface area contributed by atoms with Crippen molar-refractivity contribution in [1.29, 1.82) is 0 Å². The highest BCUT2D eigenvalue weighted by atomic mass is 35.5. The van der Waals surface area contributed by atoms with E-state index in [0.717, 1.165) is 5.56 Å². The molecular formula is C14H18ClNO3. The molecule has 19 heavy (non-hydrogen) atoms. The quantitative estimate of drug-likeness (QED) is 0.873. The molecule has 0 saturated heterocycles. The lowest BCUT2D eigenvalue weighted by molar-refractivity contribution is -0.147. The average molecular weight is 284 g/mol. The van der Waals surface area contributed by atoms with Crippen molar-refractivity contribution in [2.45, 2.75) is 38.6 Å². The van der Waals surface area contributed by atoms with E-state index in [1.807, 2.05) is 0 Å². The normalized spacial score (nSPS) is 15.4. The number of amides is 1. The van der Waals surface area contributed by atoms with E-state index < -0.39 is 17.4 Å². The minimum Gasteiger partial charge on any atom is -0.480 e. The molecule has 0 heterocycles. The zero-order chi connectivity index (χ0) is 14.6. The second-order valence-electron chi connectivity index (χ2n) is 4.76. The van der Waals surface area contributed by atoms with Crippen molar-refractivity contribution in [2.24, 2.45) is 0 Å². The fourth-order valence-corrected chi connectivity index (χ4v) is 1.80. The Balaban J connectivity index is 2.86. The van der Waals surface area contributed by atoms with Crippen molar-refractivity contribution >= 4 is 23.5 Å². The molecule has 0 aliphatic carbocycles. The van der Waals surface area contributed by atoms with Crippen LogP contribution in [0.15, 0.2) is 24.3 Å². The molecule has 1 amide bonds. The molecular weight excluding hydrogens is 266 g/mol. The Bertz CT molecular complexity index is 489. The van der Waals surface area contributed by atoms with Crippen molar-refractivity contribution in [2.75, 3.05) is 0 Å². The van der Waals surface area contributed by atoms with Crippen LogP contribution in [0.3, 0.4) is 0 Å². The molecule has 1 aromatic carbocycles. The number of aliphatic carboxylic acids is 1. The third-order valence-electron chi connectivity index (χ3n) is 3.32. The summed E-state index contributed by atoms with van der Waals surface area (Å²) in [5.41, 5.74) is -0.488. The maximum atomic E-state index is 12.1. The maximum Gasteiger partial charge on any atom is 0.329 e. The van der Waals surface area contributed by atoms with E-state index in [1.54, 1.807) is 38.1 Å². The van der Waals surface area contributed by atoms with Gasteiger partial charge in [-0.3, -0.25) is 4.79 Å². The number of halogens is 1. The number of nitrogens with one attached hydrogen (secondary N) is 1. The lowest BCUT2D eigenvalue weighted by Crippen LogP contribution is -2.52. The summed E-state index contributed by atoms with van der Waals surface area (Å²) < 4.78 is 0. The van der Waals surface area contributed by atoms with Gasteiger partial charge in [0.15, 0.2) is 0 Å². The van der Waals surface area contributed by atoms with Crippen LogP contribution in [0.2, 0.25) is 5.02 Å². The Morgan fingerprint density at radius 1 is 1.47 bits per heavy atom. The van der Waals surface area contributed by atoms with Crippen LogP contribution >= 0.6 is 11.6 Å². The van der Waals surface area contributed by atoms with Gasteiger partial charge >= 0.3 is 5.97 Å². The van der Waals surface area contributed by atoms with E-state index in [2.05, 4.69) is 5.32 Å². The van der Waals surface area contributed by atoms with Gasteiger partial charge in [-0.05, 0) is 38.0 Å². The van der Waals surface area contributed by atoms with Crippen molar-refractivity contribution < 1.29 is 14.7 Å². The predicted octanol–water partition coefficient (Wildman–Crippen LogP) is 2.81. The molecule has 0 aliphatic rings. The van der Waals surface area contributed by atoms with E-state index in [-0.39, 0.29) is 5.91 Å². The molecule has 1 rings (SSSR count). The number of hydrogen-bond donors (Lipinski definition) is 2. The summed E-state index contributed by atoms with van der Waals surface area (Å²) >= 11 is 5.88. The number of hydrogen-bond acceptors (Lipinski definition) is 2. The first kappa shape index (κ1) is 15.5. The van der Waals surface area contributed by atoms with Gasteiger partial charge in [-0.15, -0.1) is 0 Å². The highest BCUT2D eigenvalue weighted by molar-refractivity contribution is 6.30. The molecule has 0 radical (unpaired) electrons. The molecule has 0 bridgehead atoms. The van der Waals surface area contributed by atoms with Gasteiger partial charge in [0.1, 0.15) is 5.54 Å². The molecule has 0 aliphatic heterocycles. The smallest absolute Gasteiger partial charge is 0.329 e. The fourth-order valence-electron chi connectivity index (χ4n) is 1.60. The van der Waals surface area contributed by atoms with Crippen LogP contribution in [0.1, 0.15) is 38.7 Å². The Labute approximate surface area is 117 Å². The summed E-state index contributed by atoms with van der Waals surface area (Å²) in [6.45, 7) is 4.94. The standard InChI is InChI=1S/C14H18ClNO3/c1-4-14(3,13(18)19)16-12(17)9(2)10-6-5-7-11(15)8-10/h5-9H,4H2,1-3H3,(H,16,17)(H,18,19). The highest BCUT2D eigenvalue weighted by Crippen LogP contribution is 2.21. The molecule has 0 aromatic heterocycles. The number of benzene rings is 1. The van der Waals surface area contributed by atoms with Crippen LogP contribution in [-0.2, 0) is 9.59 Å². The summed E-state index contributed by atoms with van der Waals surface area (Å²) in [5.74, 6) is -1.82. The maximum absolute atomic E-state index is 12.1. The first-order valence-corrected chi connectivity index (χ1v) is 6.49. The number of carboxylic acids is 1. The summed E-state index contributed by atoms with van der Waals surface area (Å²) in [5, 5.41) is 12.3. The molecule has 5 heteroatoms. The van der Waals surface area contributed by atoms with Gasteiger partial charge in [0.05, 0.1) is 5.92 Å². The largest absolute Gasteiger partial charge is 0.480 e. The van der Waals surface area contributed by atoms with Crippen molar-refractivity contribution in [1.82, 2.24) is 5.32 Å². The van der Waals surface area contributed by atoms with Gasteiger partial charge in [-0.25, -0.2) is 4.79 Å². The van der Waals surface area contributed by atoms with E-state index in [4.69, 9.17) is 16.7 Å². The van der Waals surface area contributed by atoms with Gasteiger partial charge in [0, 0.05) is 5.02 Å². The average Bonchev–Trinajstić information content (AvgIpc) is 2.37. The van der Waals surface area contributed by atoms with Crippen molar-refractivity contribution in [3.8, 4) is 0 Å². The number of rotatable bonds is 5. The summed E-state index contributed by atoms with van der Waals surface area (Å²) in [7, 11) is 0. The van der Waals surface area contributed by atoms with Crippen LogP contribution < -0.4 is 5.32 Å². The number of carbonyl (C=O) groups is 2. The predicted molar refractivity (Wildman–Crippen MR) is 74.3 cm³/mol. The third-order valence-corrected chi connectivity index (χ3v) is 3.56. The highest BCUT2D eigenvalue weighted by Gasteiger charge is 2.34. The van der Waals surface area contributed by atoms with Crippen LogP contribution in [0.5, 0.6) is 0 Å². The van der Waals surface area contributed by atoms with Crippen LogP contribution in [0.4, 0.5) is 0 Å². The molecule has 104 valence electrons. The van der Waals surface area contributed by atoms with Gasteiger partial charge < -0.3 is 10.4 Å². The Morgan fingerprint density at radius 3 is 2.58 bits per heavy atom. The first-order chi connectivity index (χ1) is 8.80. The lowest BCUT2D eigenvalue weighted by atomic mass is 9.95. The topological polar surface area (TPSA) is 66.4 Å². The molecule has 4 nitrogen and oxygen atoms in total. The second kappa shape index (κ2) is 6.06. The molecule has 2 unspecified atom stereocenters. The van der Waals surface area contributed by atoms with E-state index in [0.29, 0.717) is 11.4 Å². The second-order valence-corrected chi connectivity index (χ2v) is 5.19. The minimum absolute atomic E-state index is 0.316. The number of carboxylic acid groups (broad SMARTS) is 1. The van der Waals surface area contributed by atoms with Crippen molar-refractivity contribution in [3.05, 3.63) is 34.9 Å². The van der Waals surface area contributed by atoms with Crippen LogP contribution in [-0.4, -0.2) is 22.5 Å². The minimum atomic E-state index is -1.25. The summed E-state index contributed by atoms with van der Waals surface area (Å²) in [6.07, 6.45) is 0.316. The zero-order valence-electron chi connectivity index (χ0n) is 11.2. The molecule has 2 atom stereocenters. The first-order valence-electron chi connectivity index (χ1n) is 6.11.